The van der Waals surface area contributed by atoms with Crippen molar-refractivity contribution in [3.05, 3.63) is 28.2 Å². The molecule has 0 radical (unpaired) electrons. The Labute approximate surface area is 80.0 Å². The van der Waals surface area contributed by atoms with Crippen LogP contribution in [0.25, 0.3) is 0 Å². The maximum absolute atomic E-state index is 9.45. The van der Waals surface area contributed by atoms with Gasteiger partial charge in [-0.2, -0.15) is 0 Å². The zero-order chi connectivity index (χ0) is 9.14. The summed E-state index contributed by atoms with van der Waals surface area (Å²) in [6.07, 6.45) is 0.156. The zero-order valence-corrected chi connectivity index (χ0v) is 8.37. The molecule has 0 saturated heterocycles. The molecule has 1 aromatic carbocycles. The molecule has 1 atom stereocenters. The Morgan fingerprint density at radius 1 is 1.42 bits per heavy atom. The summed E-state index contributed by atoms with van der Waals surface area (Å²) in [7, 11) is 0. The van der Waals surface area contributed by atoms with Gasteiger partial charge < -0.3 is 10.2 Å². The Hall–Kier alpha value is -0.540. The predicted molar refractivity (Wildman–Crippen MR) is 51.1 cm³/mol. The van der Waals surface area contributed by atoms with Crippen LogP contribution in [0.5, 0.6) is 5.75 Å². The summed E-state index contributed by atoms with van der Waals surface area (Å²) in [6.45, 7) is 1.89. The highest BCUT2D eigenvalue weighted by Crippen LogP contribution is 2.25. The third-order valence-corrected chi connectivity index (χ3v) is 2.13. The molecule has 3 heteroatoms. The van der Waals surface area contributed by atoms with Gasteiger partial charge in [-0.1, -0.05) is 22.9 Å². The van der Waals surface area contributed by atoms with Crippen molar-refractivity contribution in [2.45, 2.75) is 19.4 Å². The van der Waals surface area contributed by atoms with Crippen LogP contribution in [0.15, 0.2) is 22.7 Å². The lowest BCUT2D eigenvalue weighted by Crippen LogP contribution is -1.94. The molecular weight excluding hydrogens is 220 g/mol. The lowest BCUT2D eigenvalue weighted by Gasteiger charge is -2.08. The van der Waals surface area contributed by atoms with E-state index in [0.29, 0.717) is 6.42 Å². The molecule has 1 unspecified atom stereocenters. The molecule has 0 aliphatic rings. The van der Waals surface area contributed by atoms with E-state index < -0.39 is 6.10 Å². The van der Waals surface area contributed by atoms with E-state index in [9.17, 15) is 10.2 Å². The van der Waals surface area contributed by atoms with Crippen LogP contribution in [-0.2, 0) is 0 Å². The van der Waals surface area contributed by atoms with Gasteiger partial charge in [0.1, 0.15) is 5.75 Å². The molecule has 0 fully saturated rings. The van der Waals surface area contributed by atoms with Crippen LogP contribution in [0.3, 0.4) is 0 Å². The van der Waals surface area contributed by atoms with E-state index >= 15 is 0 Å². The van der Waals surface area contributed by atoms with Crippen LogP contribution >= 0.6 is 15.9 Å². The van der Waals surface area contributed by atoms with Crippen molar-refractivity contribution in [3.8, 4) is 5.75 Å². The molecule has 0 amide bonds. The predicted octanol–water partition coefficient (Wildman–Crippen LogP) is 2.60. The van der Waals surface area contributed by atoms with Crippen LogP contribution in [0.2, 0.25) is 0 Å². The van der Waals surface area contributed by atoms with Gasteiger partial charge >= 0.3 is 0 Å². The average molecular weight is 231 g/mol. The molecule has 66 valence electrons. The van der Waals surface area contributed by atoms with E-state index in [1.165, 1.54) is 0 Å². The lowest BCUT2D eigenvalue weighted by molar-refractivity contribution is 0.173. The second-order valence-electron chi connectivity index (χ2n) is 2.67. The fourth-order valence-corrected chi connectivity index (χ4v) is 1.52. The summed E-state index contributed by atoms with van der Waals surface area (Å²) in [5, 5.41) is 18.6. The van der Waals surface area contributed by atoms with E-state index in [2.05, 4.69) is 15.9 Å². The van der Waals surface area contributed by atoms with E-state index in [1.807, 2.05) is 6.92 Å². The Morgan fingerprint density at radius 3 is 2.58 bits per heavy atom. The fraction of sp³-hybridized carbons (Fsp3) is 0.333. The van der Waals surface area contributed by atoms with Gasteiger partial charge in [0.2, 0.25) is 0 Å². The van der Waals surface area contributed by atoms with Crippen molar-refractivity contribution >= 4 is 15.9 Å². The first kappa shape index (κ1) is 9.55. The van der Waals surface area contributed by atoms with Crippen molar-refractivity contribution in [1.82, 2.24) is 0 Å². The van der Waals surface area contributed by atoms with Crippen molar-refractivity contribution in [2.75, 3.05) is 0 Å². The average Bonchev–Trinajstić information content (AvgIpc) is 2.01. The highest BCUT2D eigenvalue weighted by atomic mass is 79.9. The van der Waals surface area contributed by atoms with Crippen molar-refractivity contribution < 1.29 is 10.2 Å². The summed E-state index contributed by atoms with van der Waals surface area (Å²) in [5.41, 5.74) is 0.740. The molecule has 0 aromatic heterocycles. The smallest absolute Gasteiger partial charge is 0.117 e. The Bertz CT molecular complexity index is 253. The first-order valence-corrected chi connectivity index (χ1v) is 4.60. The fourth-order valence-electron chi connectivity index (χ4n) is 1.02. The monoisotopic (exact) mass is 230 g/mol. The standard InChI is InChI=1S/C9H11BrO2/c1-2-9(12)6-3-7(10)5-8(11)4-6/h3-5,9,11-12H,2H2,1H3. The molecular formula is C9H11BrO2. The van der Waals surface area contributed by atoms with Crippen molar-refractivity contribution in [2.24, 2.45) is 0 Å². The Morgan fingerprint density at radius 2 is 2.08 bits per heavy atom. The second-order valence-corrected chi connectivity index (χ2v) is 3.58. The number of halogens is 1. The molecule has 0 bridgehead atoms. The number of phenols is 1. The maximum atomic E-state index is 9.45. The third kappa shape index (κ3) is 2.22. The first-order chi connectivity index (χ1) is 5.63. The van der Waals surface area contributed by atoms with Crippen molar-refractivity contribution in [3.63, 3.8) is 0 Å². The zero-order valence-electron chi connectivity index (χ0n) is 6.79. The number of rotatable bonds is 2. The minimum atomic E-state index is -0.492. The van der Waals surface area contributed by atoms with Gasteiger partial charge in [-0.25, -0.2) is 0 Å². The molecule has 1 rings (SSSR count). The number of hydrogen-bond acceptors (Lipinski definition) is 2. The quantitative estimate of drug-likeness (QED) is 0.821. The molecule has 2 nitrogen and oxygen atoms in total. The molecule has 2 N–H and O–H groups in total. The Balaban J connectivity index is 3.00. The Kier molecular flexibility index (Phi) is 3.12. The number of aliphatic hydroxyl groups excluding tert-OH is 1. The summed E-state index contributed by atoms with van der Waals surface area (Å²) in [5.74, 6) is 0.173. The van der Waals surface area contributed by atoms with E-state index in [1.54, 1.807) is 18.2 Å². The van der Waals surface area contributed by atoms with E-state index in [4.69, 9.17) is 0 Å². The second kappa shape index (κ2) is 3.92. The minimum absolute atomic E-state index is 0.173. The van der Waals surface area contributed by atoms with Crippen LogP contribution < -0.4 is 0 Å². The topological polar surface area (TPSA) is 40.5 Å². The molecule has 0 aliphatic heterocycles. The number of phenolic OH excluding ortho intramolecular Hbond substituents is 1. The maximum Gasteiger partial charge on any atom is 0.117 e. The molecule has 12 heavy (non-hydrogen) atoms. The van der Waals surface area contributed by atoms with Gasteiger partial charge in [-0.15, -0.1) is 0 Å². The van der Waals surface area contributed by atoms with Gasteiger partial charge in [0, 0.05) is 4.47 Å². The van der Waals surface area contributed by atoms with Crippen molar-refractivity contribution in [1.29, 1.82) is 0 Å². The van der Waals surface area contributed by atoms with E-state index in [0.717, 1.165) is 10.0 Å². The number of aromatic hydroxyl groups is 1. The van der Waals surface area contributed by atoms with Gasteiger partial charge in [0.25, 0.3) is 0 Å². The molecule has 0 aliphatic carbocycles. The number of aliphatic hydroxyl groups is 1. The third-order valence-electron chi connectivity index (χ3n) is 1.68. The van der Waals surface area contributed by atoms with Crippen LogP contribution in [0, 0.1) is 0 Å². The largest absolute Gasteiger partial charge is 0.508 e. The summed E-state index contributed by atoms with van der Waals surface area (Å²) >= 11 is 3.24. The normalized spacial score (nSPS) is 12.9. The first-order valence-electron chi connectivity index (χ1n) is 3.81. The van der Waals surface area contributed by atoms with Gasteiger partial charge in [0.15, 0.2) is 0 Å². The highest BCUT2D eigenvalue weighted by molar-refractivity contribution is 9.10. The summed E-state index contributed by atoms with van der Waals surface area (Å²) in [6, 6.07) is 4.96. The number of benzene rings is 1. The van der Waals surface area contributed by atoms with Gasteiger partial charge in [-0.05, 0) is 30.2 Å². The summed E-state index contributed by atoms with van der Waals surface area (Å²) in [4.78, 5) is 0. The van der Waals surface area contributed by atoms with Crippen LogP contribution in [0.1, 0.15) is 25.0 Å². The molecule has 1 aromatic rings. The lowest BCUT2D eigenvalue weighted by atomic mass is 10.1. The summed E-state index contributed by atoms with van der Waals surface area (Å²) < 4.78 is 0.782. The van der Waals surface area contributed by atoms with Gasteiger partial charge in [0.05, 0.1) is 6.10 Å². The molecule has 0 saturated carbocycles. The SMILES string of the molecule is CCC(O)c1cc(O)cc(Br)c1. The van der Waals surface area contributed by atoms with Gasteiger partial charge in [-0.3, -0.25) is 0 Å². The van der Waals surface area contributed by atoms with Crippen LogP contribution in [-0.4, -0.2) is 10.2 Å². The van der Waals surface area contributed by atoms with Crippen LogP contribution in [0.4, 0.5) is 0 Å². The minimum Gasteiger partial charge on any atom is -0.508 e. The molecule has 0 heterocycles. The highest BCUT2D eigenvalue weighted by Gasteiger charge is 2.06. The molecule has 0 spiro atoms. The van der Waals surface area contributed by atoms with E-state index in [-0.39, 0.29) is 5.75 Å². The number of hydrogen-bond donors (Lipinski definition) is 2.